The number of piperazine rings is 1. The highest BCUT2D eigenvalue weighted by molar-refractivity contribution is 7.99. The van der Waals surface area contributed by atoms with Gasteiger partial charge in [0.05, 0.1) is 6.42 Å². The molecule has 2 aliphatic heterocycles. The Labute approximate surface area is 127 Å². The zero-order valence-electron chi connectivity index (χ0n) is 11.8. The highest BCUT2D eigenvalue weighted by atomic mass is 32.2. The fourth-order valence-corrected chi connectivity index (χ4v) is 3.81. The van der Waals surface area contributed by atoms with Crippen molar-refractivity contribution in [3.8, 4) is 0 Å². The van der Waals surface area contributed by atoms with E-state index < -0.39 is 17.9 Å². The quantitative estimate of drug-likeness (QED) is 0.684. The number of rotatable bonds is 4. The lowest BCUT2D eigenvalue weighted by Gasteiger charge is -2.34. The molecule has 2 fully saturated rings. The summed E-state index contributed by atoms with van der Waals surface area (Å²) in [6.07, 6.45) is 1.81. The zero-order valence-corrected chi connectivity index (χ0v) is 12.7. The van der Waals surface area contributed by atoms with Crippen LogP contribution in [-0.4, -0.2) is 65.1 Å². The number of carbonyl (C=O) groups is 3. The highest BCUT2D eigenvalue weighted by Crippen LogP contribution is 2.22. The molecule has 0 aliphatic carbocycles. The fraction of sp³-hybridized carbons (Fsp3) is 0.769. The van der Waals surface area contributed by atoms with Crippen LogP contribution in [0, 0.1) is 5.92 Å². The summed E-state index contributed by atoms with van der Waals surface area (Å²) in [5.41, 5.74) is 0. The molecular formula is C13H21N3O4S. The summed E-state index contributed by atoms with van der Waals surface area (Å²) in [6.45, 7) is 1.30. The maximum atomic E-state index is 12.2. The molecule has 2 heterocycles. The minimum absolute atomic E-state index is 0.339. The van der Waals surface area contributed by atoms with Gasteiger partial charge < -0.3 is 20.6 Å². The Morgan fingerprint density at radius 3 is 2.76 bits per heavy atom. The van der Waals surface area contributed by atoms with Gasteiger partial charge in [-0.1, -0.05) is 0 Å². The van der Waals surface area contributed by atoms with Crippen LogP contribution in [0.5, 0.6) is 0 Å². The van der Waals surface area contributed by atoms with Crippen LogP contribution in [-0.2, 0) is 9.59 Å². The van der Waals surface area contributed by atoms with Gasteiger partial charge in [-0.3, -0.25) is 9.59 Å². The molecule has 1 unspecified atom stereocenters. The number of nitrogens with one attached hydrogen (secondary N) is 2. The van der Waals surface area contributed by atoms with Crippen molar-refractivity contribution in [1.82, 2.24) is 15.5 Å². The second-order valence-corrected chi connectivity index (χ2v) is 6.56. The minimum Gasteiger partial charge on any atom is -0.481 e. The second-order valence-electron chi connectivity index (χ2n) is 5.34. The van der Waals surface area contributed by atoms with Crippen molar-refractivity contribution in [1.29, 1.82) is 0 Å². The first-order valence-electron chi connectivity index (χ1n) is 7.19. The highest BCUT2D eigenvalue weighted by Gasteiger charge is 2.34. The average molecular weight is 315 g/mol. The Morgan fingerprint density at radius 1 is 1.38 bits per heavy atom. The molecule has 0 aromatic rings. The van der Waals surface area contributed by atoms with E-state index >= 15 is 0 Å². The molecule has 0 radical (unpaired) electrons. The Bertz CT molecular complexity index is 412. The molecule has 3 amide bonds. The van der Waals surface area contributed by atoms with Crippen molar-refractivity contribution in [3.63, 3.8) is 0 Å². The van der Waals surface area contributed by atoms with Crippen molar-refractivity contribution in [2.75, 3.05) is 31.1 Å². The molecule has 0 spiro atoms. The predicted molar refractivity (Wildman–Crippen MR) is 79.2 cm³/mol. The van der Waals surface area contributed by atoms with Crippen LogP contribution in [0.3, 0.4) is 0 Å². The van der Waals surface area contributed by atoms with Gasteiger partial charge in [0.15, 0.2) is 0 Å². The van der Waals surface area contributed by atoms with E-state index in [4.69, 9.17) is 5.11 Å². The maximum Gasteiger partial charge on any atom is 0.318 e. The number of carbonyl (C=O) groups excluding carboxylic acids is 2. The Balaban J connectivity index is 1.88. The lowest BCUT2D eigenvalue weighted by atomic mass is 10.0. The lowest BCUT2D eigenvalue weighted by molar-refractivity contribution is -0.142. The molecule has 2 aliphatic rings. The van der Waals surface area contributed by atoms with E-state index in [2.05, 4.69) is 10.6 Å². The van der Waals surface area contributed by atoms with E-state index in [-0.39, 0.29) is 12.5 Å². The molecule has 118 valence electrons. The molecule has 8 heteroatoms. The molecule has 21 heavy (non-hydrogen) atoms. The number of carboxylic acids is 1. The van der Waals surface area contributed by atoms with Crippen LogP contribution in [0.2, 0.25) is 0 Å². The lowest BCUT2D eigenvalue weighted by Crippen LogP contribution is -2.60. The zero-order chi connectivity index (χ0) is 15.2. The molecule has 7 nitrogen and oxygen atoms in total. The van der Waals surface area contributed by atoms with Gasteiger partial charge in [0.2, 0.25) is 5.91 Å². The number of hydrogen-bond acceptors (Lipinski definition) is 4. The van der Waals surface area contributed by atoms with Gasteiger partial charge in [-0.25, -0.2) is 4.79 Å². The molecule has 0 aromatic heterocycles. The van der Waals surface area contributed by atoms with E-state index in [0.29, 0.717) is 25.6 Å². The van der Waals surface area contributed by atoms with Crippen LogP contribution in [0.4, 0.5) is 4.79 Å². The van der Waals surface area contributed by atoms with Crippen LogP contribution >= 0.6 is 11.8 Å². The smallest absolute Gasteiger partial charge is 0.318 e. The summed E-state index contributed by atoms with van der Waals surface area (Å²) in [6, 6.07) is -1.26. The van der Waals surface area contributed by atoms with E-state index in [1.54, 1.807) is 0 Å². The first-order chi connectivity index (χ1) is 10.1. The van der Waals surface area contributed by atoms with Crippen LogP contribution < -0.4 is 10.6 Å². The van der Waals surface area contributed by atoms with E-state index in [1.807, 2.05) is 11.8 Å². The average Bonchev–Trinajstić information content (AvgIpc) is 2.47. The molecule has 2 rings (SSSR count). The van der Waals surface area contributed by atoms with Crippen LogP contribution in [0.25, 0.3) is 0 Å². The Morgan fingerprint density at radius 2 is 2.10 bits per heavy atom. The molecule has 3 N–H and O–H groups in total. The standard InChI is InChI=1S/C13H21N3O4S/c17-11(18)7-10-12(19)14-3-4-16(10)13(20)15-8-9-1-5-21-6-2-9/h9-10H,1-8H2,(H,14,19)(H,15,20)(H,17,18). The summed E-state index contributed by atoms with van der Waals surface area (Å²) in [7, 11) is 0. The number of thioether (sulfide) groups is 1. The number of hydrogen-bond donors (Lipinski definition) is 3. The number of amides is 3. The minimum atomic E-state index is -1.08. The van der Waals surface area contributed by atoms with Crippen molar-refractivity contribution >= 4 is 29.7 Å². The first-order valence-corrected chi connectivity index (χ1v) is 8.35. The Kier molecular flexibility index (Phi) is 5.72. The van der Waals surface area contributed by atoms with Gasteiger partial charge in [0, 0.05) is 19.6 Å². The maximum absolute atomic E-state index is 12.2. The monoisotopic (exact) mass is 315 g/mol. The van der Waals surface area contributed by atoms with Crippen molar-refractivity contribution < 1.29 is 19.5 Å². The summed E-state index contributed by atoms with van der Waals surface area (Å²) in [5.74, 6) is 1.24. The van der Waals surface area contributed by atoms with Crippen LogP contribution in [0.1, 0.15) is 19.3 Å². The summed E-state index contributed by atoms with van der Waals surface area (Å²) in [5, 5.41) is 14.3. The number of aliphatic carboxylic acids is 1. The van der Waals surface area contributed by atoms with E-state index in [9.17, 15) is 14.4 Å². The SMILES string of the molecule is O=C(O)CC1C(=O)NCCN1C(=O)NCC1CCSCC1. The molecule has 2 saturated heterocycles. The first kappa shape index (κ1) is 15.9. The third-order valence-electron chi connectivity index (χ3n) is 3.84. The largest absolute Gasteiger partial charge is 0.481 e. The van der Waals surface area contributed by atoms with E-state index in [0.717, 1.165) is 24.3 Å². The van der Waals surface area contributed by atoms with Crippen molar-refractivity contribution in [3.05, 3.63) is 0 Å². The third kappa shape index (κ3) is 4.52. The van der Waals surface area contributed by atoms with Gasteiger partial charge >= 0.3 is 12.0 Å². The number of urea groups is 1. The number of nitrogens with zero attached hydrogens (tertiary/aromatic N) is 1. The molecule has 0 bridgehead atoms. The van der Waals surface area contributed by atoms with Crippen molar-refractivity contribution in [2.24, 2.45) is 5.92 Å². The van der Waals surface area contributed by atoms with Gasteiger partial charge in [0.25, 0.3) is 0 Å². The molecule has 0 aromatic carbocycles. The molecular weight excluding hydrogens is 294 g/mol. The van der Waals surface area contributed by atoms with E-state index in [1.165, 1.54) is 4.90 Å². The van der Waals surface area contributed by atoms with Crippen molar-refractivity contribution in [2.45, 2.75) is 25.3 Å². The third-order valence-corrected chi connectivity index (χ3v) is 4.89. The fourth-order valence-electron chi connectivity index (χ4n) is 2.61. The summed E-state index contributed by atoms with van der Waals surface area (Å²) < 4.78 is 0. The normalized spacial score (nSPS) is 23.5. The van der Waals surface area contributed by atoms with Gasteiger partial charge in [-0.2, -0.15) is 11.8 Å². The van der Waals surface area contributed by atoms with Crippen LogP contribution in [0.15, 0.2) is 0 Å². The van der Waals surface area contributed by atoms with Gasteiger partial charge in [-0.15, -0.1) is 0 Å². The van der Waals surface area contributed by atoms with Gasteiger partial charge in [0.1, 0.15) is 6.04 Å². The Hall–Kier alpha value is -1.44. The predicted octanol–water partition coefficient (Wildman–Crippen LogP) is 0.114. The van der Waals surface area contributed by atoms with Gasteiger partial charge in [-0.05, 0) is 30.3 Å². The molecule has 1 atom stereocenters. The summed E-state index contributed by atoms with van der Waals surface area (Å²) >= 11 is 1.93. The summed E-state index contributed by atoms with van der Waals surface area (Å²) in [4.78, 5) is 36.2. The number of carboxylic acid groups (broad SMARTS) is 1. The second kappa shape index (κ2) is 7.53. The molecule has 0 saturated carbocycles. The topological polar surface area (TPSA) is 98.7 Å².